The molecule has 20 heavy (non-hydrogen) atoms. The zero-order chi connectivity index (χ0) is 14.4. The fourth-order valence-electron chi connectivity index (χ4n) is 2.29. The van der Waals surface area contributed by atoms with Gasteiger partial charge in [-0.05, 0) is 37.9 Å². The molecule has 0 bridgehead atoms. The topological polar surface area (TPSA) is 50.4 Å². The van der Waals surface area contributed by atoms with Crippen LogP contribution in [0.2, 0.25) is 0 Å². The number of benzene rings is 1. The summed E-state index contributed by atoms with van der Waals surface area (Å²) < 4.78 is 18.7. The number of anilines is 1. The Balaban J connectivity index is 1.97. The fraction of sp³-hybridized carbons (Fsp3) is 0.533. The van der Waals surface area contributed by atoms with Crippen molar-refractivity contribution in [3.8, 4) is 5.75 Å². The van der Waals surface area contributed by atoms with Gasteiger partial charge in [-0.15, -0.1) is 0 Å². The number of ether oxygens (including phenoxy) is 1. The second-order valence-corrected chi connectivity index (χ2v) is 5.03. The average Bonchev–Trinajstić information content (AvgIpc) is 2.91. The maximum atomic E-state index is 13.2. The van der Waals surface area contributed by atoms with E-state index in [0.717, 1.165) is 25.8 Å². The number of rotatable bonds is 6. The molecule has 1 saturated heterocycles. The number of nitrogens with one attached hydrogen (secondary N) is 2. The Labute approximate surface area is 118 Å². The van der Waals surface area contributed by atoms with Crippen molar-refractivity contribution in [3.05, 3.63) is 24.0 Å². The molecule has 1 heterocycles. The van der Waals surface area contributed by atoms with Crippen molar-refractivity contribution in [2.24, 2.45) is 0 Å². The lowest BCUT2D eigenvalue weighted by Gasteiger charge is -2.14. The summed E-state index contributed by atoms with van der Waals surface area (Å²) in [6, 6.07) is 4.41. The highest BCUT2D eigenvalue weighted by Crippen LogP contribution is 2.26. The molecule has 1 amide bonds. The van der Waals surface area contributed by atoms with Gasteiger partial charge >= 0.3 is 0 Å². The van der Waals surface area contributed by atoms with Crippen LogP contribution in [0.5, 0.6) is 5.75 Å². The zero-order valence-electron chi connectivity index (χ0n) is 11.7. The molecule has 110 valence electrons. The van der Waals surface area contributed by atoms with E-state index in [2.05, 4.69) is 10.6 Å². The number of hydrogen-bond donors (Lipinski definition) is 2. The summed E-state index contributed by atoms with van der Waals surface area (Å²) in [5.41, 5.74) is 0.530. The van der Waals surface area contributed by atoms with Crippen LogP contribution < -0.4 is 15.4 Å². The van der Waals surface area contributed by atoms with E-state index in [1.807, 2.05) is 6.92 Å². The Morgan fingerprint density at radius 2 is 2.40 bits per heavy atom. The van der Waals surface area contributed by atoms with Gasteiger partial charge in [0.15, 0.2) is 0 Å². The van der Waals surface area contributed by atoms with Gasteiger partial charge in [-0.25, -0.2) is 4.39 Å². The smallest absolute Gasteiger partial charge is 0.226 e. The van der Waals surface area contributed by atoms with Crippen molar-refractivity contribution in [2.45, 2.75) is 38.6 Å². The highest BCUT2D eigenvalue weighted by Gasteiger charge is 2.18. The largest absolute Gasteiger partial charge is 0.491 e. The minimum Gasteiger partial charge on any atom is -0.491 e. The molecule has 5 heteroatoms. The van der Waals surface area contributed by atoms with E-state index in [4.69, 9.17) is 4.74 Å². The van der Waals surface area contributed by atoms with E-state index >= 15 is 0 Å². The van der Waals surface area contributed by atoms with Gasteiger partial charge in [0.05, 0.1) is 12.3 Å². The third kappa shape index (κ3) is 4.20. The SMILES string of the molecule is CCCOc1cc(F)ccc1NC(=O)CC1CCCN1. The first-order valence-electron chi connectivity index (χ1n) is 7.14. The molecule has 4 nitrogen and oxygen atoms in total. The lowest BCUT2D eigenvalue weighted by atomic mass is 10.1. The monoisotopic (exact) mass is 280 g/mol. The molecule has 0 spiro atoms. The molecule has 0 radical (unpaired) electrons. The van der Waals surface area contributed by atoms with Crippen LogP contribution in [0, 0.1) is 5.82 Å². The van der Waals surface area contributed by atoms with Crippen molar-refractivity contribution in [3.63, 3.8) is 0 Å². The van der Waals surface area contributed by atoms with Crippen molar-refractivity contribution in [1.29, 1.82) is 0 Å². The molecule has 2 N–H and O–H groups in total. The Kier molecular flexibility index (Phi) is 5.35. The molecule has 1 aliphatic heterocycles. The van der Waals surface area contributed by atoms with Gasteiger partial charge in [0.2, 0.25) is 5.91 Å². The molecular formula is C15H21FN2O2. The Morgan fingerprint density at radius 3 is 3.10 bits per heavy atom. The predicted molar refractivity (Wildman–Crippen MR) is 76.5 cm³/mol. The molecule has 1 fully saturated rings. The van der Waals surface area contributed by atoms with Crippen molar-refractivity contribution < 1.29 is 13.9 Å². The van der Waals surface area contributed by atoms with E-state index in [9.17, 15) is 9.18 Å². The summed E-state index contributed by atoms with van der Waals surface area (Å²) in [6.45, 7) is 3.44. The molecule has 1 aromatic rings. The minimum atomic E-state index is -0.369. The first kappa shape index (κ1) is 14.8. The molecule has 2 rings (SSSR count). The normalized spacial score (nSPS) is 18.0. The number of halogens is 1. The first-order chi connectivity index (χ1) is 9.69. The molecule has 1 aliphatic rings. The molecule has 0 aliphatic carbocycles. The molecule has 1 atom stereocenters. The maximum absolute atomic E-state index is 13.2. The van der Waals surface area contributed by atoms with Gasteiger partial charge in [-0.3, -0.25) is 4.79 Å². The molecule has 0 saturated carbocycles. The maximum Gasteiger partial charge on any atom is 0.226 e. The van der Waals surface area contributed by atoms with Crippen LogP contribution in [0.25, 0.3) is 0 Å². The first-order valence-corrected chi connectivity index (χ1v) is 7.14. The Morgan fingerprint density at radius 1 is 1.55 bits per heavy atom. The average molecular weight is 280 g/mol. The quantitative estimate of drug-likeness (QED) is 0.842. The Hall–Kier alpha value is -1.62. The lowest BCUT2D eigenvalue weighted by molar-refractivity contribution is -0.116. The van der Waals surface area contributed by atoms with Gasteiger partial charge in [-0.2, -0.15) is 0 Å². The predicted octanol–water partition coefficient (Wildman–Crippen LogP) is 2.70. The van der Waals surface area contributed by atoms with E-state index < -0.39 is 0 Å². The van der Waals surface area contributed by atoms with Gasteiger partial charge in [-0.1, -0.05) is 6.92 Å². The van der Waals surface area contributed by atoms with E-state index in [0.29, 0.717) is 24.5 Å². The number of hydrogen-bond acceptors (Lipinski definition) is 3. The third-order valence-corrected chi connectivity index (χ3v) is 3.27. The van der Waals surface area contributed by atoms with Crippen molar-refractivity contribution in [1.82, 2.24) is 5.32 Å². The summed E-state index contributed by atoms with van der Waals surface area (Å²) in [6.07, 6.45) is 3.40. The van der Waals surface area contributed by atoms with Crippen LogP contribution in [0.4, 0.5) is 10.1 Å². The molecule has 0 aromatic heterocycles. The van der Waals surface area contributed by atoms with E-state index in [1.54, 1.807) is 6.07 Å². The molecular weight excluding hydrogens is 259 g/mol. The lowest BCUT2D eigenvalue weighted by Crippen LogP contribution is -2.27. The highest BCUT2D eigenvalue weighted by atomic mass is 19.1. The van der Waals surface area contributed by atoms with Crippen LogP contribution in [-0.4, -0.2) is 25.1 Å². The van der Waals surface area contributed by atoms with Gasteiger partial charge in [0.25, 0.3) is 0 Å². The van der Waals surface area contributed by atoms with E-state index in [1.165, 1.54) is 12.1 Å². The fourth-order valence-corrected chi connectivity index (χ4v) is 2.29. The zero-order valence-corrected chi connectivity index (χ0v) is 11.7. The Bertz CT molecular complexity index is 459. The second-order valence-electron chi connectivity index (χ2n) is 5.03. The minimum absolute atomic E-state index is 0.0719. The number of carbonyl (C=O) groups is 1. The van der Waals surface area contributed by atoms with Crippen LogP contribution >= 0.6 is 0 Å². The number of carbonyl (C=O) groups excluding carboxylic acids is 1. The standard InChI is InChI=1S/C15H21FN2O2/c1-2-8-20-14-9-11(16)5-6-13(14)18-15(19)10-12-4-3-7-17-12/h5-6,9,12,17H,2-4,7-8,10H2,1H3,(H,18,19). The van der Waals surface area contributed by atoms with Gasteiger partial charge in [0, 0.05) is 18.5 Å². The van der Waals surface area contributed by atoms with Crippen molar-refractivity contribution >= 4 is 11.6 Å². The molecule has 1 aromatic carbocycles. The highest BCUT2D eigenvalue weighted by molar-refractivity contribution is 5.92. The van der Waals surface area contributed by atoms with Crippen LogP contribution in [0.3, 0.4) is 0 Å². The summed E-state index contributed by atoms with van der Waals surface area (Å²) in [7, 11) is 0. The third-order valence-electron chi connectivity index (χ3n) is 3.27. The van der Waals surface area contributed by atoms with Crippen LogP contribution in [-0.2, 0) is 4.79 Å². The van der Waals surface area contributed by atoms with Crippen LogP contribution in [0.1, 0.15) is 32.6 Å². The summed E-state index contributed by atoms with van der Waals surface area (Å²) in [5.74, 6) is -0.0523. The summed E-state index contributed by atoms with van der Waals surface area (Å²) >= 11 is 0. The van der Waals surface area contributed by atoms with Crippen molar-refractivity contribution in [2.75, 3.05) is 18.5 Å². The summed E-state index contributed by atoms with van der Waals surface area (Å²) in [4.78, 5) is 12.0. The second kappa shape index (κ2) is 7.24. The van der Waals surface area contributed by atoms with E-state index in [-0.39, 0.29) is 17.8 Å². The number of amides is 1. The van der Waals surface area contributed by atoms with Crippen LogP contribution in [0.15, 0.2) is 18.2 Å². The molecule has 1 unspecified atom stereocenters. The van der Waals surface area contributed by atoms with Gasteiger partial charge in [0.1, 0.15) is 11.6 Å². The van der Waals surface area contributed by atoms with Gasteiger partial charge < -0.3 is 15.4 Å². The summed E-state index contributed by atoms with van der Waals surface area (Å²) in [5, 5.41) is 6.08.